The maximum Gasteiger partial charge on any atom is 0.304 e. The molecule has 2 N–H and O–H groups in total. The first kappa shape index (κ1) is 15.0. The Kier molecular flexibility index (Phi) is 4.27. The zero-order valence-electron chi connectivity index (χ0n) is 10.6. The molecule has 8 heteroatoms. The highest BCUT2D eigenvalue weighted by Gasteiger charge is 2.16. The first-order chi connectivity index (χ1) is 9.88. The van der Waals surface area contributed by atoms with Crippen LogP contribution in [-0.4, -0.2) is 9.13 Å². The second-order valence-electron chi connectivity index (χ2n) is 4.22. The maximum absolute atomic E-state index is 13.6. The number of hydrogen-bond donors (Lipinski definition) is 1. The first-order valence-corrected chi connectivity index (χ1v) is 7.06. The molecule has 1 atom stereocenters. The Labute approximate surface area is 121 Å². The largest absolute Gasteiger partial charge is 0.399 e. The van der Waals surface area contributed by atoms with Gasteiger partial charge in [-0.15, -0.1) is 0 Å². The van der Waals surface area contributed by atoms with E-state index >= 15 is 0 Å². The van der Waals surface area contributed by atoms with Crippen LogP contribution in [0.2, 0.25) is 0 Å². The standard InChI is InChI=1S/C13H10F2N2O3S/c14-10-5-8(1-3-12(10)17(18)19)7-21(20)13-4-2-9(16)6-11(13)15/h1-6H,7,16H2. The quantitative estimate of drug-likeness (QED) is 0.534. The molecular weight excluding hydrogens is 302 g/mol. The second-order valence-corrected chi connectivity index (χ2v) is 5.64. The van der Waals surface area contributed by atoms with E-state index < -0.39 is 33.0 Å². The number of halogens is 2. The van der Waals surface area contributed by atoms with Gasteiger partial charge < -0.3 is 5.73 Å². The highest BCUT2D eigenvalue weighted by molar-refractivity contribution is 7.84. The van der Waals surface area contributed by atoms with Gasteiger partial charge in [-0.25, -0.2) is 4.39 Å². The summed E-state index contributed by atoms with van der Waals surface area (Å²) in [4.78, 5) is 9.59. The van der Waals surface area contributed by atoms with Crippen LogP contribution in [0.1, 0.15) is 5.56 Å². The number of anilines is 1. The Morgan fingerprint density at radius 3 is 2.43 bits per heavy atom. The molecule has 0 saturated carbocycles. The molecule has 0 radical (unpaired) electrons. The topological polar surface area (TPSA) is 86.2 Å². The fraction of sp³-hybridized carbons (Fsp3) is 0.0769. The fourth-order valence-electron chi connectivity index (χ4n) is 1.72. The third-order valence-corrected chi connectivity index (χ3v) is 4.12. The molecule has 0 saturated heterocycles. The lowest BCUT2D eigenvalue weighted by Gasteiger charge is -2.05. The van der Waals surface area contributed by atoms with Gasteiger partial charge in [-0.2, -0.15) is 4.39 Å². The minimum atomic E-state index is -1.75. The third-order valence-electron chi connectivity index (χ3n) is 2.71. The Balaban J connectivity index is 2.23. The van der Waals surface area contributed by atoms with Crippen LogP contribution in [0.25, 0.3) is 0 Å². The zero-order valence-corrected chi connectivity index (χ0v) is 11.4. The van der Waals surface area contributed by atoms with Gasteiger partial charge in [-0.3, -0.25) is 14.3 Å². The number of nitro groups is 1. The summed E-state index contributed by atoms with van der Waals surface area (Å²) >= 11 is 0. The molecule has 1 unspecified atom stereocenters. The fourth-order valence-corrected chi connectivity index (χ4v) is 2.85. The summed E-state index contributed by atoms with van der Waals surface area (Å²) in [6.45, 7) is 0. The molecule has 2 aromatic rings. The number of nitrogen functional groups attached to an aromatic ring is 1. The Morgan fingerprint density at radius 1 is 1.14 bits per heavy atom. The van der Waals surface area contributed by atoms with Crippen LogP contribution in [0.4, 0.5) is 20.2 Å². The number of nitrogens with two attached hydrogens (primary N) is 1. The predicted molar refractivity (Wildman–Crippen MR) is 74.0 cm³/mol. The highest BCUT2D eigenvalue weighted by atomic mass is 32.2. The van der Waals surface area contributed by atoms with E-state index in [9.17, 15) is 23.1 Å². The molecule has 0 aromatic heterocycles. The summed E-state index contributed by atoms with van der Waals surface area (Å²) in [6.07, 6.45) is 0. The Hall–Kier alpha value is -2.35. The SMILES string of the molecule is Nc1ccc(S(=O)Cc2ccc([N+](=O)[O-])c(F)c2)c(F)c1. The average Bonchev–Trinajstić information content (AvgIpc) is 2.37. The first-order valence-electron chi connectivity index (χ1n) is 5.74. The molecule has 0 bridgehead atoms. The Bertz CT molecular complexity index is 737. The number of rotatable bonds is 4. The van der Waals surface area contributed by atoms with Gasteiger partial charge in [0.15, 0.2) is 0 Å². The van der Waals surface area contributed by atoms with E-state index in [0.717, 1.165) is 18.2 Å². The summed E-state index contributed by atoms with van der Waals surface area (Å²) < 4.78 is 39.1. The molecule has 0 fully saturated rings. The normalized spacial score (nSPS) is 12.1. The van der Waals surface area contributed by atoms with Crippen LogP contribution in [-0.2, 0) is 16.6 Å². The average molecular weight is 312 g/mol. The monoisotopic (exact) mass is 312 g/mol. The molecule has 21 heavy (non-hydrogen) atoms. The lowest BCUT2D eigenvalue weighted by molar-refractivity contribution is -0.387. The van der Waals surface area contributed by atoms with Crippen LogP contribution in [0.3, 0.4) is 0 Å². The van der Waals surface area contributed by atoms with E-state index in [1.165, 1.54) is 18.2 Å². The van der Waals surface area contributed by atoms with Crippen LogP contribution in [0, 0.1) is 21.7 Å². The van der Waals surface area contributed by atoms with E-state index in [-0.39, 0.29) is 21.9 Å². The zero-order chi connectivity index (χ0) is 15.6. The van der Waals surface area contributed by atoms with Crippen molar-refractivity contribution in [2.24, 2.45) is 0 Å². The van der Waals surface area contributed by atoms with Crippen molar-refractivity contribution in [3.8, 4) is 0 Å². The third kappa shape index (κ3) is 3.40. The van der Waals surface area contributed by atoms with Crippen LogP contribution in [0.15, 0.2) is 41.3 Å². The van der Waals surface area contributed by atoms with Gasteiger partial charge >= 0.3 is 5.69 Å². The maximum atomic E-state index is 13.6. The molecule has 0 aliphatic rings. The molecule has 0 amide bonds. The van der Waals surface area contributed by atoms with Crippen molar-refractivity contribution in [1.29, 1.82) is 0 Å². The van der Waals surface area contributed by atoms with Gasteiger partial charge in [0, 0.05) is 11.8 Å². The summed E-state index contributed by atoms with van der Waals surface area (Å²) in [5.41, 5.74) is 5.20. The number of nitro benzene ring substituents is 1. The molecule has 0 aliphatic carbocycles. The minimum Gasteiger partial charge on any atom is -0.399 e. The molecule has 0 spiro atoms. The van der Waals surface area contributed by atoms with E-state index in [4.69, 9.17) is 5.73 Å². The van der Waals surface area contributed by atoms with Crippen LogP contribution >= 0.6 is 0 Å². The van der Waals surface area contributed by atoms with Gasteiger partial charge in [0.1, 0.15) is 5.82 Å². The summed E-state index contributed by atoms with van der Waals surface area (Å²) in [5.74, 6) is -1.89. The van der Waals surface area contributed by atoms with Gasteiger partial charge in [0.05, 0.1) is 26.4 Å². The molecular formula is C13H10F2N2O3S. The van der Waals surface area contributed by atoms with Crippen molar-refractivity contribution in [3.05, 3.63) is 63.7 Å². The molecule has 0 heterocycles. The van der Waals surface area contributed by atoms with Crippen molar-refractivity contribution >= 4 is 22.2 Å². The van der Waals surface area contributed by atoms with Crippen molar-refractivity contribution in [2.45, 2.75) is 10.6 Å². The van der Waals surface area contributed by atoms with Crippen LogP contribution in [0.5, 0.6) is 0 Å². The number of nitrogens with zero attached hydrogens (tertiary/aromatic N) is 1. The lowest BCUT2D eigenvalue weighted by atomic mass is 10.2. The molecule has 2 rings (SSSR count). The molecule has 0 aliphatic heterocycles. The van der Waals surface area contributed by atoms with E-state index in [1.54, 1.807) is 0 Å². The van der Waals surface area contributed by atoms with E-state index in [1.807, 2.05) is 0 Å². The summed E-state index contributed by atoms with van der Waals surface area (Å²) in [5, 5.41) is 10.5. The number of hydrogen-bond acceptors (Lipinski definition) is 4. The van der Waals surface area contributed by atoms with E-state index in [2.05, 4.69) is 0 Å². The smallest absolute Gasteiger partial charge is 0.304 e. The van der Waals surface area contributed by atoms with Crippen molar-refractivity contribution in [3.63, 3.8) is 0 Å². The molecule has 110 valence electrons. The van der Waals surface area contributed by atoms with Crippen molar-refractivity contribution < 1.29 is 17.9 Å². The van der Waals surface area contributed by atoms with Crippen LogP contribution < -0.4 is 5.73 Å². The van der Waals surface area contributed by atoms with Gasteiger partial charge in [-0.1, -0.05) is 6.07 Å². The highest BCUT2D eigenvalue weighted by Crippen LogP contribution is 2.22. The van der Waals surface area contributed by atoms with Gasteiger partial charge in [0.25, 0.3) is 0 Å². The minimum absolute atomic E-state index is 0.0528. The van der Waals surface area contributed by atoms with Crippen molar-refractivity contribution in [2.75, 3.05) is 5.73 Å². The second kappa shape index (κ2) is 5.96. The van der Waals surface area contributed by atoms with E-state index in [0.29, 0.717) is 0 Å². The van der Waals surface area contributed by atoms with Gasteiger partial charge in [-0.05, 0) is 29.8 Å². The number of benzene rings is 2. The summed E-state index contributed by atoms with van der Waals surface area (Å²) in [7, 11) is -1.75. The van der Waals surface area contributed by atoms with Gasteiger partial charge in [0.2, 0.25) is 5.82 Å². The molecule has 2 aromatic carbocycles. The van der Waals surface area contributed by atoms with Crippen molar-refractivity contribution in [1.82, 2.24) is 0 Å². The predicted octanol–water partition coefficient (Wildman–Crippen LogP) is 2.76. The lowest BCUT2D eigenvalue weighted by Crippen LogP contribution is -2.01. The summed E-state index contributed by atoms with van der Waals surface area (Å²) in [6, 6.07) is 6.94. The Morgan fingerprint density at radius 2 is 1.86 bits per heavy atom. The molecule has 5 nitrogen and oxygen atoms in total.